The number of amides is 2. The zero-order valence-electron chi connectivity index (χ0n) is 28.7. The first-order chi connectivity index (χ1) is 24.9. The van der Waals surface area contributed by atoms with Gasteiger partial charge in [0, 0.05) is 23.7 Å². The molecule has 1 N–H and O–H groups in total. The average Bonchev–Trinajstić information content (AvgIpc) is 3.79. The van der Waals surface area contributed by atoms with E-state index in [4.69, 9.17) is 9.72 Å². The van der Waals surface area contributed by atoms with Crippen LogP contribution in [0.3, 0.4) is 0 Å². The summed E-state index contributed by atoms with van der Waals surface area (Å²) in [4.78, 5) is 34.6. The summed E-state index contributed by atoms with van der Waals surface area (Å²) in [5.74, 6) is -1.61. The summed E-state index contributed by atoms with van der Waals surface area (Å²) in [5, 5.41) is 10.8. The van der Waals surface area contributed by atoms with E-state index in [1.165, 1.54) is 4.90 Å². The monoisotopic (exact) mass is 675 g/mol. The van der Waals surface area contributed by atoms with Crippen LogP contribution >= 0.6 is 0 Å². The fourth-order valence-electron chi connectivity index (χ4n) is 7.85. The molecule has 5 aromatic carbocycles. The lowest BCUT2D eigenvalue weighted by molar-refractivity contribution is -0.136. The number of hydrogen-bond acceptors (Lipinski definition) is 5. The van der Waals surface area contributed by atoms with E-state index in [-0.39, 0.29) is 12.3 Å². The molecule has 7 nitrogen and oxygen atoms in total. The van der Waals surface area contributed by atoms with Crippen molar-refractivity contribution < 1.29 is 19.4 Å². The molecule has 7 rings (SSSR count). The van der Waals surface area contributed by atoms with E-state index >= 15 is 0 Å². The van der Waals surface area contributed by atoms with Crippen molar-refractivity contribution in [3.05, 3.63) is 198 Å². The number of cyclic esters (lactones) is 1. The summed E-state index contributed by atoms with van der Waals surface area (Å²) in [6, 6.07) is 49.3. The van der Waals surface area contributed by atoms with Crippen molar-refractivity contribution in [2.24, 2.45) is 11.8 Å². The van der Waals surface area contributed by atoms with Gasteiger partial charge in [-0.15, -0.1) is 0 Å². The Morgan fingerprint density at radius 1 is 0.745 bits per heavy atom. The molecule has 256 valence electrons. The number of ether oxygens (including phenoxy) is 1. The molecular formula is C44H41N3O4. The average molecular weight is 676 g/mol. The van der Waals surface area contributed by atoms with E-state index in [0.717, 1.165) is 27.8 Å². The topological polar surface area (TPSA) is 84.7 Å². The molecule has 51 heavy (non-hydrogen) atoms. The Labute approximate surface area is 298 Å². The molecule has 2 atom stereocenters. The zero-order chi connectivity index (χ0) is 35.4. The van der Waals surface area contributed by atoms with Crippen molar-refractivity contribution in [3.63, 3.8) is 0 Å². The minimum Gasteiger partial charge on any atom is -0.430 e. The normalized spacial score (nSPS) is 16.2. The predicted octanol–water partition coefficient (Wildman–Crippen LogP) is 7.82. The van der Waals surface area contributed by atoms with Gasteiger partial charge in [0.05, 0.1) is 30.6 Å². The van der Waals surface area contributed by atoms with Crippen LogP contribution in [0.15, 0.2) is 164 Å². The molecule has 0 aliphatic carbocycles. The van der Waals surface area contributed by atoms with Gasteiger partial charge >= 0.3 is 6.09 Å². The summed E-state index contributed by atoms with van der Waals surface area (Å²) in [5.41, 5.74) is 3.28. The molecule has 0 spiro atoms. The van der Waals surface area contributed by atoms with E-state index in [0.29, 0.717) is 5.69 Å². The Morgan fingerprint density at radius 3 is 1.59 bits per heavy atom. The molecule has 0 saturated carbocycles. The van der Waals surface area contributed by atoms with Gasteiger partial charge < -0.3 is 14.4 Å². The van der Waals surface area contributed by atoms with E-state index in [9.17, 15) is 14.7 Å². The molecule has 1 saturated heterocycles. The minimum atomic E-state index is -1.23. The molecule has 2 amide bonds. The fourth-order valence-corrected chi connectivity index (χ4v) is 7.85. The largest absolute Gasteiger partial charge is 0.430 e. The van der Waals surface area contributed by atoms with Crippen LogP contribution in [0, 0.1) is 11.8 Å². The van der Waals surface area contributed by atoms with Crippen molar-refractivity contribution in [1.82, 2.24) is 14.5 Å². The van der Waals surface area contributed by atoms with Gasteiger partial charge in [0.1, 0.15) is 5.54 Å². The van der Waals surface area contributed by atoms with Gasteiger partial charge in [0.2, 0.25) is 5.91 Å². The number of hydrogen-bond donors (Lipinski definition) is 1. The van der Waals surface area contributed by atoms with E-state index in [2.05, 4.69) is 41.0 Å². The third-order valence-corrected chi connectivity index (χ3v) is 10.0. The molecule has 1 unspecified atom stereocenters. The van der Waals surface area contributed by atoms with Crippen LogP contribution < -0.4 is 0 Å². The standard InChI is InChI=1S/C44H41N3O4/c1-32(2)40-44(37-24-14-6-15-25-37,38-26-16-7-17-27-38)51-42(50)47(40)41(49)33(30-48)28-39-29-46(31-45-39)43(34-18-8-3-9-19-34,35-20-10-4-11-21-35)36-22-12-5-13-23-36/h3-27,29,31-33,40,48H,28,30H2,1-2H3/t33?,40-/m1/s1. The second-order valence-corrected chi connectivity index (χ2v) is 13.4. The van der Waals surface area contributed by atoms with Gasteiger partial charge in [-0.3, -0.25) is 4.79 Å². The molecule has 7 heteroatoms. The van der Waals surface area contributed by atoms with Crippen LogP contribution in [-0.4, -0.2) is 44.2 Å². The number of aliphatic hydroxyl groups is 1. The van der Waals surface area contributed by atoms with Crippen LogP contribution in [0.25, 0.3) is 0 Å². The molecule has 6 aromatic rings. The summed E-state index contributed by atoms with van der Waals surface area (Å²) in [6.45, 7) is 3.50. The van der Waals surface area contributed by atoms with Gasteiger partial charge in [-0.1, -0.05) is 166 Å². The molecule has 0 bridgehead atoms. The number of imide groups is 1. The molecule has 1 fully saturated rings. The van der Waals surface area contributed by atoms with Crippen molar-refractivity contribution in [1.29, 1.82) is 0 Å². The lowest BCUT2D eigenvalue weighted by atomic mass is 9.75. The Kier molecular flexibility index (Phi) is 9.39. The van der Waals surface area contributed by atoms with Crippen molar-refractivity contribution >= 4 is 12.0 Å². The quantitative estimate of drug-likeness (QED) is 0.142. The highest BCUT2D eigenvalue weighted by Gasteiger charge is 2.60. The molecular weight excluding hydrogens is 635 g/mol. The first-order valence-electron chi connectivity index (χ1n) is 17.4. The first-order valence-corrected chi connectivity index (χ1v) is 17.4. The predicted molar refractivity (Wildman–Crippen MR) is 197 cm³/mol. The van der Waals surface area contributed by atoms with Gasteiger partial charge in [-0.2, -0.15) is 0 Å². The summed E-state index contributed by atoms with van der Waals surface area (Å²) >= 11 is 0. The minimum absolute atomic E-state index is 0.120. The molecule has 0 radical (unpaired) electrons. The SMILES string of the molecule is CC(C)[C@H]1N(C(=O)C(CO)Cc2cn(C(c3ccccc3)(c3ccccc3)c3ccccc3)cn2)C(=O)OC1(c1ccccc1)c1ccccc1. The van der Waals surface area contributed by atoms with E-state index < -0.39 is 41.7 Å². The summed E-state index contributed by atoms with van der Waals surface area (Å²) in [6.07, 6.45) is 3.13. The molecule has 1 aliphatic heterocycles. The smallest absolute Gasteiger partial charge is 0.418 e. The highest BCUT2D eigenvalue weighted by atomic mass is 16.6. The molecule has 1 aliphatic rings. The Hall–Kier alpha value is -5.79. The number of carbonyl (C=O) groups excluding carboxylic acids is 2. The van der Waals surface area contributed by atoms with Crippen LogP contribution in [0.4, 0.5) is 4.79 Å². The highest BCUT2D eigenvalue weighted by molar-refractivity contribution is 5.96. The lowest BCUT2D eigenvalue weighted by Gasteiger charge is -2.38. The van der Waals surface area contributed by atoms with Crippen molar-refractivity contribution in [3.8, 4) is 0 Å². The maximum Gasteiger partial charge on any atom is 0.418 e. The Bertz CT molecular complexity index is 1930. The van der Waals surface area contributed by atoms with Crippen molar-refractivity contribution in [2.75, 3.05) is 6.61 Å². The van der Waals surface area contributed by atoms with E-state index in [1.54, 1.807) is 6.33 Å². The number of benzene rings is 5. The maximum absolute atomic E-state index is 14.6. The molecule has 1 aromatic heterocycles. The Morgan fingerprint density at radius 2 is 1.18 bits per heavy atom. The number of imidazole rings is 1. The van der Waals surface area contributed by atoms with Crippen LogP contribution in [-0.2, 0) is 27.1 Å². The number of aromatic nitrogens is 2. The zero-order valence-corrected chi connectivity index (χ0v) is 28.7. The highest BCUT2D eigenvalue weighted by Crippen LogP contribution is 2.48. The van der Waals surface area contributed by atoms with E-state index in [1.807, 2.05) is 135 Å². The maximum atomic E-state index is 14.6. The van der Waals surface area contributed by atoms with Gasteiger partial charge in [-0.05, 0) is 22.6 Å². The second kappa shape index (κ2) is 14.2. The first kappa shape index (κ1) is 33.7. The van der Waals surface area contributed by atoms with Crippen molar-refractivity contribution in [2.45, 2.75) is 37.5 Å². The number of carbonyl (C=O) groups is 2. The number of rotatable bonds is 11. The number of aliphatic hydroxyl groups excluding tert-OH is 1. The van der Waals surface area contributed by atoms with Gasteiger partial charge in [-0.25, -0.2) is 14.7 Å². The number of nitrogens with zero attached hydrogens (tertiary/aromatic N) is 3. The lowest BCUT2D eigenvalue weighted by Crippen LogP contribution is -2.52. The summed E-state index contributed by atoms with van der Waals surface area (Å²) in [7, 11) is 0. The van der Waals surface area contributed by atoms with Crippen LogP contribution in [0.5, 0.6) is 0 Å². The molecule has 2 heterocycles. The third kappa shape index (κ3) is 5.83. The van der Waals surface area contributed by atoms with Crippen LogP contribution in [0.2, 0.25) is 0 Å². The summed E-state index contributed by atoms with van der Waals surface area (Å²) < 4.78 is 8.42. The Balaban J connectivity index is 1.28. The van der Waals surface area contributed by atoms with Crippen LogP contribution in [0.1, 0.15) is 47.4 Å². The van der Waals surface area contributed by atoms with Gasteiger partial charge in [0.25, 0.3) is 0 Å². The van der Waals surface area contributed by atoms with Gasteiger partial charge in [0.15, 0.2) is 5.60 Å². The fraction of sp³-hybridized carbons (Fsp3) is 0.205. The third-order valence-electron chi connectivity index (χ3n) is 10.0. The second-order valence-electron chi connectivity index (χ2n) is 13.4.